The van der Waals surface area contributed by atoms with Crippen LogP contribution in [0.25, 0.3) is 0 Å². The van der Waals surface area contributed by atoms with E-state index in [2.05, 4.69) is 0 Å². The molecule has 1 saturated carbocycles. The molecule has 0 bridgehead atoms. The van der Waals surface area contributed by atoms with Crippen molar-refractivity contribution in [1.82, 2.24) is 4.31 Å². The molecule has 0 radical (unpaired) electrons. The molecule has 1 saturated heterocycles. The van der Waals surface area contributed by atoms with Gasteiger partial charge in [-0.2, -0.15) is 0 Å². The fraction of sp³-hybridized carbons (Fsp3) is 0.533. The van der Waals surface area contributed by atoms with Crippen molar-refractivity contribution >= 4 is 16.0 Å². The molecular weight excluding hydrogens is 328 g/mol. The minimum absolute atomic E-state index is 0.0512. The van der Waals surface area contributed by atoms with Crippen LogP contribution in [0.4, 0.5) is 8.78 Å². The average Bonchev–Trinajstić information content (AvgIpc) is 2.33. The molecule has 5 nitrogen and oxygen atoms in total. The first-order valence-corrected chi connectivity index (χ1v) is 8.94. The molecule has 1 aliphatic heterocycles. The third-order valence-electron chi connectivity index (χ3n) is 4.68. The van der Waals surface area contributed by atoms with Crippen LogP contribution in [0, 0.1) is 23.0 Å². The zero-order valence-electron chi connectivity index (χ0n) is 12.3. The van der Waals surface area contributed by atoms with E-state index in [1.807, 2.05) is 0 Å². The lowest BCUT2D eigenvalue weighted by Crippen LogP contribution is -2.63. The minimum Gasteiger partial charge on any atom is -0.481 e. The van der Waals surface area contributed by atoms with Crippen LogP contribution in [0.1, 0.15) is 24.8 Å². The molecule has 8 heteroatoms. The Balaban J connectivity index is 1.58. The van der Waals surface area contributed by atoms with Crippen LogP contribution in [-0.4, -0.2) is 36.9 Å². The lowest BCUT2D eigenvalue weighted by molar-refractivity contribution is -0.142. The van der Waals surface area contributed by atoms with E-state index in [4.69, 9.17) is 5.11 Å². The normalized spacial score (nSPS) is 21.0. The highest BCUT2D eigenvalue weighted by Gasteiger charge is 2.55. The third kappa shape index (κ3) is 3.23. The second-order valence-electron chi connectivity index (χ2n) is 6.63. The van der Waals surface area contributed by atoms with Gasteiger partial charge in [0.25, 0.3) is 0 Å². The van der Waals surface area contributed by atoms with E-state index in [1.54, 1.807) is 0 Å². The first kappa shape index (κ1) is 16.3. The van der Waals surface area contributed by atoms with Crippen molar-refractivity contribution in [3.8, 4) is 0 Å². The first-order chi connectivity index (χ1) is 10.7. The molecule has 1 aromatic rings. The van der Waals surface area contributed by atoms with Gasteiger partial charge in [0.05, 0.1) is 5.75 Å². The quantitative estimate of drug-likeness (QED) is 0.885. The van der Waals surface area contributed by atoms with Crippen LogP contribution in [-0.2, 0) is 20.6 Å². The highest BCUT2D eigenvalue weighted by Crippen LogP contribution is 2.53. The highest BCUT2D eigenvalue weighted by atomic mass is 32.2. The molecular formula is C15H17F2NO4S. The molecule has 1 N–H and O–H groups in total. The molecule has 0 unspecified atom stereocenters. The van der Waals surface area contributed by atoms with E-state index in [9.17, 15) is 22.0 Å². The molecule has 23 heavy (non-hydrogen) atoms. The molecule has 2 fully saturated rings. The van der Waals surface area contributed by atoms with Crippen molar-refractivity contribution in [1.29, 1.82) is 0 Å². The van der Waals surface area contributed by atoms with Crippen LogP contribution >= 0.6 is 0 Å². The van der Waals surface area contributed by atoms with Gasteiger partial charge in [0.15, 0.2) is 0 Å². The van der Waals surface area contributed by atoms with Gasteiger partial charge in [-0.1, -0.05) is 6.07 Å². The van der Waals surface area contributed by atoms with Gasteiger partial charge in [0.1, 0.15) is 11.6 Å². The van der Waals surface area contributed by atoms with Gasteiger partial charge in [-0.25, -0.2) is 21.5 Å². The maximum Gasteiger partial charge on any atom is 0.303 e. The Morgan fingerprint density at radius 1 is 1.30 bits per heavy atom. The molecule has 1 heterocycles. The third-order valence-corrected chi connectivity index (χ3v) is 6.40. The number of carboxylic acid groups (broad SMARTS) is 1. The summed E-state index contributed by atoms with van der Waals surface area (Å²) in [4.78, 5) is 10.6. The number of carbonyl (C=O) groups is 1. The largest absolute Gasteiger partial charge is 0.481 e. The number of nitrogens with zero attached hydrogens (tertiary/aromatic N) is 1. The molecule has 3 rings (SSSR count). The van der Waals surface area contributed by atoms with Crippen molar-refractivity contribution in [2.24, 2.45) is 11.3 Å². The van der Waals surface area contributed by atoms with E-state index in [0.717, 1.165) is 25.0 Å². The summed E-state index contributed by atoms with van der Waals surface area (Å²) < 4.78 is 52.3. The number of rotatable bonds is 5. The monoisotopic (exact) mass is 345 g/mol. The molecule has 2 aliphatic rings. The molecule has 126 valence electrons. The number of sulfonamides is 1. The maximum absolute atomic E-state index is 13.6. The number of aliphatic carboxylic acids is 1. The van der Waals surface area contributed by atoms with Crippen molar-refractivity contribution in [2.75, 3.05) is 13.1 Å². The first-order valence-electron chi connectivity index (χ1n) is 7.33. The maximum atomic E-state index is 13.6. The number of hydrogen-bond acceptors (Lipinski definition) is 3. The second-order valence-corrected chi connectivity index (χ2v) is 8.60. The topological polar surface area (TPSA) is 74.7 Å². The Kier molecular flexibility index (Phi) is 3.92. The van der Waals surface area contributed by atoms with Crippen molar-refractivity contribution < 1.29 is 27.1 Å². The Bertz CT molecular complexity index is 736. The summed E-state index contributed by atoms with van der Waals surface area (Å²) in [6, 6.07) is 2.85. The summed E-state index contributed by atoms with van der Waals surface area (Å²) in [5.41, 5.74) is -0.154. The molecule has 1 spiro atoms. The van der Waals surface area contributed by atoms with Gasteiger partial charge in [-0.05, 0) is 30.2 Å². The minimum atomic E-state index is -3.65. The van der Waals surface area contributed by atoms with E-state index < -0.39 is 33.4 Å². The van der Waals surface area contributed by atoms with Crippen LogP contribution < -0.4 is 0 Å². The molecule has 0 aromatic heterocycles. The van der Waals surface area contributed by atoms with Gasteiger partial charge in [0, 0.05) is 31.1 Å². The molecule has 1 aromatic carbocycles. The van der Waals surface area contributed by atoms with Crippen LogP contribution in [0.3, 0.4) is 0 Å². The Morgan fingerprint density at radius 3 is 2.52 bits per heavy atom. The van der Waals surface area contributed by atoms with Crippen molar-refractivity contribution in [3.63, 3.8) is 0 Å². The van der Waals surface area contributed by atoms with E-state index in [1.165, 1.54) is 4.31 Å². The summed E-state index contributed by atoms with van der Waals surface area (Å²) in [7, 11) is -3.65. The number of hydrogen-bond donors (Lipinski definition) is 1. The highest BCUT2D eigenvalue weighted by molar-refractivity contribution is 7.88. The summed E-state index contributed by atoms with van der Waals surface area (Å²) in [6.45, 7) is 0.711. The SMILES string of the molecule is O=C(O)CC1CC2(C1)CN(S(=O)(=O)Cc1ccc(F)cc1F)C2. The van der Waals surface area contributed by atoms with Crippen molar-refractivity contribution in [2.45, 2.75) is 25.0 Å². The van der Waals surface area contributed by atoms with E-state index in [0.29, 0.717) is 19.2 Å². The lowest BCUT2D eigenvalue weighted by Gasteiger charge is -2.58. The second kappa shape index (κ2) is 5.52. The standard InChI is InChI=1S/C15H17F2NO4S/c16-12-2-1-11(13(17)4-12)7-23(21,22)18-8-15(9-18)5-10(6-15)3-14(19)20/h1-2,4,10H,3,5-9H2,(H,19,20). The Labute approximate surface area is 133 Å². The number of halogens is 2. The van der Waals surface area contributed by atoms with E-state index >= 15 is 0 Å². The van der Waals surface area contributed by atoms with E-state index in [-0.39, 0.29) is 23.3 Å². The van der Waals surface area contributed by atoms with Gasteiger partial charge < -0.3 is 5.11 Å². The lowest BCUT2D eigenvalue weighted by atomic mass is 9.58. The Morgan fingerprint density at radius 2 is 1.96 bits per heavy atom. The predicted molar refractivity (Wildman–Crippen MR) is 78.0 cm³/mol. The fourth-order valence-corrected chi connectivity index (χ4v) is 5.39. The molecule has 1 aliphatic carbocycles. The molecule has 0 amide bonds. The fourth-order valence-electron chi connectivity index (χ4n) is 3.64. The zero-order chi connectivity index (χ0) is 16.8. The summed E-state index contributed by atoms with van der Waals surface area (Å²) in [5, 5.41) is 8.73. The summed E-state index contributed by atoms with van der Waals surface area (Å²) >= 11 is 0. The molecule has 0 atom stereocenters. The number of benzene rings is 1. The van der Waals surface area contributed by atoms with Gasteiger partial charge in [-0.15, -0.1) is 0 Å². The predicted octanol–water partition coefficient (Wildman–Crippen LogP) is 1.98. The summed E-state index contributed by atoms with van der Waals surface area (Å²) in [6.07, 6.45) is 1.56. The zero-order valence-corrected chi connectivity index (χ0v) is 13.2. The average molecular weight is 345 g/mol. The smallest absolute Gasteiger partial charge is 0.303 e. The van der Waals surface area contributed by atoms with Crippen LogP contribution in [0.5, 0.6) is 0 Å². The van der Waals surface area contributed by atoms with Gasteiger partial charge >= 0.3 is 5.97 Å². The van der Waals surface area contributed by atoms with Gasteiger partial charge in [0.2, 0.25) is 10.0 Å². The summed E-state index contributed by atoms with van der Waals surface area (Å²) in [5.74, 6) is -2.82. The number of carboxylic acids is 1. The van der Waals surface area contributed by atoms with Crippen molar-refractivity contribution in [3.05, 3.63) is 35.4 Å². The van der Waals surface area contributed by atoms with Gasteiger partial charge in [-0.3, -0.25) is 4.79 Å². The van der Waals surface area contributed by atoms with Crippen LogP contribution in [0.15, 0.2) is 18.2 Å². The van der Waals surface area contributed by atoms with Crippen LogP contribution in [0.2, 0.25) is 0 Å². The Hall–Kier alpha value is -1.54.